The van der Waals surface area contributed by atoms with Crippen molar-refractivity contribution in [1.29, 1.82) is 0 Å². The minimum absolute atomic E-state index is 0. The van der Waals surface area contributed by atoms with Gasteiger partial charge in [-0.05, 0) is 31.5 Å². The Hall–Kier alpha value is -1.46. The molecule has 0 unspecified atom stereocenters. The third-order valence-electron chi connectivity index (χ3n) is 2.62. The fraction of sp³-hybridized carbons (Fsp3) is 0.273. The molecule has 0 fully saturated rings. The van der Waals surface area contributed by atoms with Gasteiger partial charge in [0.25, 0.3) is 0 Å². The van der Waals surface area contributed by atoms with Crippen molar-refractivity contribution in [2.24, 2.45) is 5.73 Å². The summed E-state index contributed by atoms with van der Waals surface area (Å²) in [4.78, 5) is 0. The van der Waals surface area contributed by atoms with E-state index >= 15 is 0 Å². The lowest BCUT2D eigenvalue weighted by Crippen LogP contribution is -2.07. The number of rotatable bonds is 2. The Labute approximate surface area is 105 Å². The maximum atomic E-state index is 13.2. The number of aromatic nitrogens is 3. The van der Waals surface area contributed by atoms with E-state index in [4.69, 9.17) is 5.73 Å². The lowest BCUT2D eigenvalue weighted by molar-refractivity contribution is 0.623. The molecule has 0 saturated heterocycles. The number of halogens is 2. The Kier molecular flexibility index (Phi) is 4.20. The third kappa shape index (κ3) is 2.45. The van der Waals surface area contributed by atoms with Gasteiger partial charge >= 0.3 is 0 Å². The van der Waals surface area contributed by atoms with Crippen molar-refractivity contribution in [2.45, 2.75) is 20.4 Å². The number of nitrogens with zero attached hydrogens (tertiary/aromatic N) is 3. The number of hydrogen-bond donors (Lipinski definition) is 1. The van der Waals surface area contributed by atoms with Crippen molar-refractivity contribution in [2.75, 3.05) is 0 Å². The van der Waals surface area contributed by atoms with Gasteiger partial charge in [0.15, 0.2) is 0 Å². The van der Waals surface area contributed by atoms with Gasteiger partial charge in [0.1, 0.15) is 5.82 Å². The molecule has 0 aliphatic carbocycles. The molecular formula is C11H14ClFN4. The maximum absolute atomic E-state index is 13.2. The monoisotopic (exact) mass is 256 g/mol. The molecule has 0 spiro atoms. The summed E-state index contributed by atoms with van der Waals surface area (Å²) in [6.07, 6.45) is 0. The van der Waals surface area contributed by atoms with Crippen LogP contribution in [-0.2, 0) is 6.54 Å². The van der Waals surface area contributed by atoms with Gasteiger partial charge < -0.3 is 5.73 Å². The van der Waals surface area contributed by atoms with Gasteiger partial charge in [0, 0.05) is 6.54 Å². The summed E-state index contributed by atoms with van der Waals surface area (Å²) < 4.78 is 14.8. The first-order valence-electron chi connectivity index (χ1n) is 5.01. The lowest BCUT2D eigenvalue weighted by Gasteiger charge is -2.08. The van der Waals surface area contributed by atoms with Crippen LogP contribution in [0.2, 0.25) is 0 Å². The van der Waals surface area contributed by atoms with Crippen molar-refractivity contribution in [3.8, 4) is 5.69 Å². The molecule has 92 valence electrons. The quantitative estimate of drug-likeness (QED) is 0.893. The largest absolute Gasteiger partial charge is 0.326 e. The molecule has 0 radical (unpaired) electrons. The molecule has 0 aliphatic rings. The minimum atomic E-state index is -0.306. The Balaban J connectivity index is 0.00000144. The number of nitrogens with two attached hydrogens (primary N) is 1. The maximum Gasteiger partial charge on any atom is 0.125 e. The summed E-state index contributed by atoms with van der Waals surface area (Å²) >= 11 is 0. The van der Waals surface area contributed by atoms with Gasteiger partial charge in [-0.1, -0.05) is 11.3 Å². The number of hydrogen-bond acceptors (Lipinski definition) is 3. The fourth-order valence-corrected chi connectivity index (χ4v) is 1.54. The number of aryl methyl sites for hydroxylation is 1. The molecule has 0 saturated carbocycles. The van der Waals surface area contributed by atoms with Crippen LogP contribution < -0.4 is 5.73 Å². The lowest BCUT2D eigenvalue weighted by atomic mass is 10.1. The summed E-state index contributed by atoms with van der Waals surface area (Å²) in [5.74, 6) is -0.306. The zero-order valence-corrected chi connectivity index (χ0v) is 10.5. The van der Waals surface area contributed by atoms with E-state index in [0.717, 1.165) is 17.0 Å². The summed E-state index contributed by atoms with van der Waals surface area (Å²) in [5.41, 5.74) is 8.82. The minimum Gasteiger partial charge on any atom is -0.326 e. The van der Waals surface area contributed by atoms with Crippen LogP contribution in [0.15, 0.2) is 18.2 Å². The van der Waals surface area contributed by atoms with Crippen LogP contribution in [0.1, 0.15) is 17.0 Å². The van der Waals surface area contributed by atoms with Crippen LogP contribution in [0.5, 0.6) is 0 Å². The first-order chi connectivity index (χ1) is 7.63. The second-order valence-corrected chi connectivity index (χ2v) is 3.65. The van der Waals surface area contributed by atoms with Gasteiger partial charge in [0.2, 0.25) is 0 Å². The first kappa shape index (κ1) is 13.6. The van der Waals surface area contributed by atoms with E-state index in [0.29, 0.717) is 12.2 Å². The van der Waals surface area contributed by atoms with Crippen LogP contribution in [0.4, 0.5) is 4.39 Å². The predicted octanol–water partition coefficient (Wildman–Crippen LogP) is 1.90. The predicted molar refractivity (Wildman–Crippen MR) is 65.9 cm³/mol. The molecule has 0 aliphatic heterocycles. The number of benzene rings is 1. The summed E-state index contributed by atoms with van der Waals surface area (Å²) in [6, 6.07) is 4.48. The Bertz CT molecular complexity index is 524. The fourth-order valence-electron chi connectivity index (χ4n) is 1.54. The highest BCUT2D eigenvalue weighted by Gasteiger charge is 2.10. The van der Waals surface area contributed by atoms with E-state index in [2.05, 4.69) is 10.3 Å². The smallest absolute Gasteiger partial charge is 0.125 e. The molecule has 1 heterocycles. The van der Waals surface area contributed by atoms with E-state index in [9.17, 15) is 4.39 Å². The average Bonchev–Trinajstić information content (AvgIpc) is 2.60. The Morgan fingerprint density at radius 1 is 1.35 bits per heavy atom. The molecule has 2 rings (SSSR count). The molecule has 0 atom stereocenters. The average molecular weight is 257 g/mol. The zero-order chi connectivity index (χ0) is 11.7. The zero-order valence-electron chi connectivity index (χ0n) is 9.64. The molecule has 1 aromatic carbocycles. The molecule has 2 N–H and O–H groups in total. The highest BCUT2D eigenvalue weighted by Crippen LogP contribution is 2.17. The Morgan fingerprint density at radius 2 is 2.06 bits per heavy atom. The van der Waals surface area contributed by atoms with Crippen molar-refractivity contribution in [3.63, 3.8) is 0 Å². The summed E-state index contributed by atoms with van der Waals surface area (Å²) in [5, 5.41) is 7.93. The Morgan fingerprint density at radius 3 is 2.59 bits per heavy atom. The van der Waals surface area contributed by atoms with Gasteiger partial charge in [-0.3, -0.25) is 0 Å². The molecule has 4 nitrogen and oxygen atoms in total. The molecule has 17 heavy (non-hydrogen) atoms. The van der Waals surface area contributed by atoms with Crippen LogP contribution in [-0.4, -0.2) is 15.0 Å². The SMILES string of the molecule is Cc1nnn(-c2cc(F)ccc2CN)c1C.Cl. The molecule has 2 aromatic rings. The van der Waals surface area contributed by atoms with Gasteiger partial charge in [-0.2, -0.15) is 0 Å². The molecule has 0 amide bonds. The second-order valence-electron chi connectivity index (χ2n) is 3.65. The second kappa shape index (κ2) is 5.25. The van der Waals surface area contributed by atoms with E-state index in [1.807, 2.05) is 13.8 Å². The van der Waals surface area contributed by atoms with E-state index in [1.165, 1.54) is 12.1 Å². The topological polar surface area (TPSA) is 56.7 Å². The highest BCUT2D eigenvalue weighted by atomic mass is 35.5. The van der Waals surface area contributed by atoms with Crippen LogP contribution in [0.3, 0.4) is 0 Å². The van der Waals surface area contributed by atoms with E-state index in [-0.39, 0.29) is 18.2 Å². The van der Waals surface area contributed by atoms with E-state index in [1.54, 1.807) is 10.7 Å². The van der Waals surface area contributed by atoms with Crippen molar-refractivity contribution >= 4 is 12.4 Å². The molecular weight excluding hydrogens is 243 g/mol. The van der Waals surface area contributed by atoms with Crippen LogP contribution in [0.25, 0.3) is 5.69 Å². The normalized spacial score (nSPS) is 10.1. The van der Waals surface area contributed by atoms with Crippen molar-refractivity contribution in [3.05, 3.63) is 41.0 Å². The van der Waals surface area contributed by atoms with Crippen molar-refractivity contribution in [1.82, 2.24) is 15.0 Å². The first-order valence-corrected chi connectivity index (χ1v) is 5.01. The standard InChI is InChI=1S/C11H13FN4.ClH/c1-7-8(2)16(15-14-7)11-5-10(12)4-3-9(11)6-13;/h3-5H,6,13H2,1-2H3;1H. The highest BCUT2D eigenvalue weighted by molar-refractivity contribution is 5.85. The van der Waals surface area contributed by atoms with Gasteiger partial charge in [-0.25, -0.2) is 9.07 Å². The van der Waals surface area contributed by atoms with Crippen LogP contribution >= 0.6 is 12.4 Å². The van der Waals surface area contributed by atoms with E-state index < -0.39 is 0 Å². The van der Waals surface area contributed by atoms with Gasteiger partial charge in [0.05, 0.1) is 17.1 Å². The summed E-state index contributed by atoms with van der Waals surface area (Å²) in [7, 11) is 0. The van der Waals surface area contributed by atoms with Crippen molar-refractivity contribution < 1.29 is 4.39 Å². The summed E-state index contributed by atoms with van der Waals surface area (Å²) in [6.45, 7) is 4.09. The molecule has 1 aromatic heterocycles. The van der Waals surface area contributed by atoms with Gasteiger partial charge in [-0.15, -0.1) is 17.5 Å². The third-order valence-corrected chi connectivity index (χ3v) is 2.62. The van der Waals surface area contributed by atoms with Crippen LogP contribution in [0, 0.1) is 19.7 Å². The molecule has 6 heteroatoms. The molecule has 0 bridgehead atoms.